The van der Waals surface area contributed by atoms with Gasteiger partial charge in [-0.25, -0.2) is 4.98 Å². The van der Waals surface area contributed by atoms with Crippen LogP contribution in [0.3, 0.4) is 0 Å². The summed E-state index contributed by atoms with van der Waals surface area (Å²) < 4.78 is 2.30. The first-order chi connectivity index (χ1) is 16.1. The zero-order valence-electron chi connectivity index (χ0n) is 20.1. The fraction of sp³-hybridized carbons (Fsp3) is 0.517. The Morgan fingerprint density at radius 1 is 0.909 bits per heavy atom. The van der Waals surface area contributed by atoms with E-state index in [0.717, 1.165) is 48.1 Å². The number of benzene rings is 2. The summed E-state index contributed by atoms with van der Waals surface area (Å²) in [4.78, 5) is 19.1. The molecule has 1 N–H and O–H groups in total. The molecule has 2 aliphatic rings. The number of nitrogens with one attached hydrogen (secondary N) is 1. The summed E-state index contributed by atoms with van der Waals surface area (Å²) in [5.74, 6) is 1.49. The Bertz CT molecular complexity index is 1120. The molecule has 1 amide bonds. The Kier molecular flexibility index (Phi) is 6.52. The molecule has 174 valence electrons. The largest absolute Gasteiger partial charge is 0.352 e. The number of aromatic nitrogens is 2. The predicted molar refractivity (Wildman–Crippen MR) is 135 cm³/mol. The van der Waals surface area contributed by atoms with Crippen molar-refractivity contribution in [3.05, 3.63) is 53.6 Å². The molecule has 5 rings (SSSR count). The van der Waals surface area contributed by atoms with Crippen LogP contribution in [0.5, 0.6) is 0 Å². The number of nitrogens with zero attached hydrogens (tertiary/aromatic N) is 2. The summed E-state index contributed by atoms with van der Waals surface area (Å²) in [6.07, 6.45) is 11.9. The van der Waals surface area contributed by atoms with E-state index < -0.39 is 0 Å². The number of aryl methyl sites for hydroxylation is 1. The SMILES string of the molecule is Cc1cccc(-c2nc3ccccc3n2C(C(=O)NC2CCCCC2)C2CCCCC2)c1C. The molecule has 2 saturated carbocycles. The van der Waals surface area contributed by atoms with Crippen LogP contribution in [0.1, 0.15) is 81.4 Å². The molecule has 0 aliphatic heterocycles. The van der Waals surface area contributed by atoms with Crippen molar-refractivity contribution in [2.45, 2.75) is 90.1 Å². The highest BCUT2D eigenvalue weighted by molar-refractivity contribution is 5.88. The molecule has 0 bridgehead atoms. The molecule has 2 fully saturated rings. The van der Waals surface area contributed by atoms with E-state index in [9.17, 15) is 4.79 Å². The second-order valence-electron chi connectivity index (χ2n) is 10.2. The Labute approximate surface area is 197 Å². The first-order valence-corrected chi connectivity index (χ1v) is 13.0. The molecule has 1 aromatic heterocycles. The van der Waals surface area contributed by atoms with Crippen molar-refractivity contribution in [2.24, 2.45) is 5.92 Å². The molecule has 0 radical (unpaired) electrons. The molecule has 4 heteroatoms. The van der Waals surface area contributed by atoms with Crippen molar-refractivity contribution >= 4 is 16.9 Å². The summed E-state index contributed by atoms with van der Waals surface area (Å²) >= 11 is 0. The molecule has 0 saturated heterocycles. The van der Waals surface area contributed by atoms with E-state index in [-0.39, 0.29) is 11.9 Å². The van der Waals surface area contributed by atoms with Gasteiger partial charge in [0.15, 0.2) is 0 Å². The molecule has 1 unspecified atom stereocenters. The van der Waals surface area contributed by atoms with Crippen LogP contribution in [0, 0.1) is 19.8 Å². The van der Waals surface area contributed by atoms with Crippen molar-refractivity contribution in [1.82, 2.24) is 14.9 Å². The average Bonchev–Trinajstić information content (AvgIpc) is 3.21. The van der Waals surface area contributed by atoms with Gasteiger partial charge in [0.1, 0.15) is 11.9 Å². The van der Waals surface area contributed by atoms with Crippen LogP contribution in [-0.4, -0.2) is 21.5 Å². The summed E-state index contributed by atoms with van der Waals surface area (Å²) in [5, 5.41) is 3.49. The van der Waals surface area contributed by atoms with Gasteiger partial charge in [0, 0.05) is 11.6 Å². The Balaban J connectivity index is 1.64. The summed E-state index contributed by atoms with van der Waals surface area (Å²) in [7, 11) is 0. The Morgan fingerprint density at radius 2 is 1.61 bits per heavy atom. The zero-order valence-corrected chi connectivity index (χ0v) is 20.1. The van der Waals surface area contributed by atoms with Gasteiger partial charge in [-0.2, -0.15) is 0 Å². The zero-order chi connectivity index (χ0) is 22.8. The molecule has 1 heterocycles. The maximum absolute atomic E-state index is 14.0. The van der Waals surface area contributed by atoms with Gasteiger partial charge >= 0.3 is 0 Å². The van der Waals surface area contributed by atoms with Gasteiger partial charge in [0.25, 0.3) is 0 Å². The van der Waals surface area contributed by atoms with E-state index >= 15 is 0 Å². The van der Waals surface area contributed by atoms with Crippen LogP contribution >= 0.6 is 0 Å². The molecular weight excluding hydrogens is 406 g/mol. The van der Waals surface area contributed by atoms with Crippen LogP contribution in [0.25, 0.3) is 22.4 Å². The highest BCUT2D eigenvalue weighted by Gasteiger charge is 2.35. The van der Waals surface area contributed by atoms with Gasteiger partial charge in [-0.15, -0.1) is 0 Å². The van der Waals surface area contributed by atoms with E-state index in [2.05, 4.69) is 60.1 Å². The summed E-state index contributed by atoms with van der Waals surface area (Å²) in [6, 6.07) is 14.9. The van der Waals surface area contributed by atoms with E-state index in [4.69, 9.17) is 4.98 Å². The highest BCUT2D eigenvalue weighted by Crippen LogP contribution is 2.39. The number of rotatable bonds is 5. The number of imidazole rings is 1. The fourth-order valence-corrected chi connectivity index (χ4v) is 6.03. The lowest BCUT2D eigenvalue weighted by molar-refractivity contribution is -0.127. The number of carbonyl (C=O) groups is 1. The predicted octanol–water partition coefficient (Wildman–Crippen LogP) is 6.89. The lowest BCUT2D eigenvalue weighted by Gasteiger charge is -2.34. The number of para-hydroxylation sites is 2. The second kappa shape index (κ2) is 9.70. The molecule has 0 spiro atoms. The fourth-order valence-electron chi connectivity index (χ4n) is 6.03. The van der Waals surface area contributed by atoms with Crippen molar-refractivity contribution in [3.8, 4) is 11.4 Å². The Hall–Kier alpha value is -2.62. The number of hydrogen-bond acceptors (Lipinski definition) is 2. The van der Waals surface area contributed by atoms with Crippen LogP contribution in [0.2, 0.25) is 0 Å². The molecule has 3 aromatic rings. The maximum Gasteiger partial charge on any atom is 0.243 e. The van der Waals surface area contributed by atoms with Crippen molar-refractivity contribution in [3.63, 3.8) is 0 Å². The minimum atomic E-state index is -0.213. The lowest BCUT2D eigenvalue weighted by atomic mass is 9.82. The number of amides is 1. The maximum atomic E-state index is 14.0. The Morgan fingerprint density at radius 3 is 2.36 bits per heavy atom. The van der Waals surface area contributed by atoms with Crippen LogP contribution < -0.4 is 5.32 Å². The van der Waals surface area contributed by atoms with Gasteiger partial charge < -0.3 is 9.88 Å². The third-order valence-corrected chi connectivity index (χ3v) is 8.04. The van der Waals surface area contributed by atoms with Gasteiger partial charge in [0.05, 0.1) is 11.0 Å². The first kappa shape index (κ1) is 22.2. The van der Waals surface area contributed by atoms with Gasteiger partial charge in [0.2, 0.25) is 5.91 Å². The van der Waals surface area contributed by atoms with Gasteiger partial charge in [-0.1, -0.05) is 68.9 Å². The van der Waals surface area contributed by atoms with E-state index in [1.54, 1.807) is 0 Å². The van der Waals surface area contributed by atoms with Gasteiger partial charge in [-0.3, -0.25) is 4.79 Å². The van der Waals surface area contributed by atoms with Crippen molar-refractivity contribution < 1.29 is 4.79 Å². The number of hydrogen-bond donors (Lipinski definition) is 1. The topological polar surface area (TPSA) is 46.9 Å². The normalized spacial score (nSPS) is 19.0. The van der Waals surface area contributed by atoms with Crippen LogP contribution in [0.15, 0.2) is 42.5 Å². The molecule has 4 nitrogen and oxygen atoms in total. The molecular formula is C29H37N3O. The second-order valence-corrected chi connectivity index (χ2v) is 10.2. The number of carbonyl (C=O) groups excluding carboxylic acids is 1. The standard InChI is InChI=1S/C29H37N3O/c1-20-12-11-17-24(21(20)2)28-31-25-18-9-10-19-26(25)32(28)27(22-13-5-3-6-14-22)29(33)30-23-15-7-4-8-16-23/h9-12,17-19,22-23,27H,3-8,13-16H2,1-2H3,(H,30,33). The van der Waals surface area contributed by atoms with E-state index in [1.807, 2.05) is 6.07 Å². The molecule has 1 atom stereocenters. The van der Waals surface area contributed by atoms with Crippen molar-refractivity contribution in [2.75, 3.05) is 0 Å². The average molecular weight is 444 g/mol. The van der Waals surface area contributed by atoms with E-state index in [1.165, 1.54) is 49.7 Å². The first-order valence-electron chi connectivity index (χ1n) is 13.0. The van der Waals surface area contributed by atoms with Crippen LogP contribution in [0.4, 0.5) is 0 Å². The van der Waals surface area contributed by atoms with E-state index in [0.29, 0.717) is 12.0 Å². The monoisotopic (exact) mass is 443 g/mol. The quantitative estimate of drug-likeness (QED) is 0.467. The van der Waals surface area contributed by atoms with Gasteiger partial charge in [-0.05, 0) is 68.7 Å². The smallest absolute Gasteiger partial charge is 0.243 e. The summed E-state index contributed by atoms with van der Waals surface area (Å²) in [5.41, 5.74) is 5.68. The molecule has 2 aromatic carbocycles. The third-order valence-electron chi connectivity index (χ3n) is 8.04. The third kappa shape index (κ3) is 4.45. The molecule has 2 aliphatic carbocycles. The van der Waals surface area contributed by atoms with Crippen molar-refractivity contribution in [1.29, 1.82) is 0 Å². The summed E-state index contributed by atoms with van der Waals surface area (Å²) in [6.45, 7) is 4.33. The molecule has 33 heavy (non-hydrogen) atoms. The number of fused-ring (bicyclic) bond motifs is 1. The minimum absolute atomic E-state index is 0.198. The highest BCUT2D eigenvalue weighted by atomic mass is 16.2. The lowest BCUT2D eigenvalue weighted by Crippen LogP contribution is -2.43. The van der Waals surface area contributed by atoms with Crippen LogP contribution in [-0.2, 0) is 4.79 Å². The minimum Gasteiger partial charge on any atom is -0.352 e.